The first-order valence-electron chi connectivity index (χ1n) is 7.61. The summed E-state index contributed by atoms with van der Waals surface area (Å²) in [5.74, 6) is 0. The second kappa shape index (κ2) is 7.01. The standard InChI is InChI=1S/C20H20N2/c1-16(17-10-4-2-5-11-17)22-20(18-12-6-3-7-13-18)19-14-8-9-15-21-19/h2-16,20,22H,1H3/t16-,20+/m1/s1. The lowest BCUT2D eigenvalue weighted by molar-refractivity contribution is 0.508. The van der Waals surface area contributed by atoms with Crippen LogP contribution < -0.4 is 5.32 Å². The molecule has 0 aliphatic heterocycles. The Morgan fingerprint density at radius 1 is 0.727 bits per heavy atom. The quantitative estimate of drug-likeness (QED) is 0.746. The fourth-order valence-electron chi connectivity index (χ4n) is 2.63. The second-order valence-electron chi connectivity index (χ2n) is 5.40. The number of rotatable bonds is 5. The molecule has 0 aliphatic carbocycles. The van der Waals surface area contributed by atoms with Crippen LogP contribution in [0.2, 0.25) is 0 Å². The third-order valence-electron chi connectivity index (χ3n) is 3.83. The van der Waals surface area contributed by atoms with Crippen molar-refractivity contribution >= 4 is 0 Å². The molecule has 0 fully saturated rings. The van der Waals surface area contributed by atoms with Crippen molar-refractivity contribution in [2.75, 3.05) is 0 Å². The third kappa shape index (κ3) is 3.41. The molecular weight excluding hydrogens is 268 g/mol. The molecule has 2 aromatic carbocycles. The first-order valence-corrected chi connectivity index (χ1v) is 7.61. The highest BCUT2D eigenvalue weighted by atomic mass is 15.0. The molecule has 0 aliphatic rings. The van der Waals surface area contributed by atoms with Crippen LogP contribution in [0, 0.1) is 0 Å². The molecule has 0 amide bonds. The minimum absolute atomic E-state index is 0.0811. The summed E-state index contributed by atoms with van der Waals surface area (Å²) in [5.41, 5.74) is 3.54. The summed E-state index contributed by atoms with van der Waals surface area (Å²) in [6, 6.07) is 27.3. The van der Waals surface area contributed by atoms with Crippen LogP contribution in [-0.2, 0) is 0 Å². The molecule has 2 heteroatoms. The molecule has 0 unspecified atom stereocenters. The average molecular weight is 288 g/mol. The number of hydrogen-bond donors (Lipinski definition) is 1. The fourth-order valence-corrected chi connectivity index (χ4v) is 2.63. The molecule has 2 nitrogen and oxygen atoms in total. The number of pyridine rings is 1. The van der Waals surface area contributed by atoms with Crippen molar-refractivity contribution in [3.8, 4) is 0 Å². The van der Waals surface area contributed by atoms with Gasteiger partial charge in [0.15, 0.2) is 0 Å². The molecule has 1 N–H and O–H groups in total. The van der Waals surface area contributed by atoms with Crippen molar-refractivity contribution in [2.45, 2.75) is 19.0 Å². The molecular formula is C20H20N2. The Bertz CT molecular complexity index is 641. The van der Waals surface area contributed by atoms with E-state index in [1.54, 1.807) is 0 Å². The highest BCUT2D eigenvalue weighted by molar-refractivity contribution is 5.29. The predicted molar refractivity (Wildman–Crippen MR) is 90.5 cm³/mol. The Morgan fingerprint density at radius 3 is 1.91 bits per heavy atom. The van der Waals surface area contributed by atoms with Crippen LogP contribution in [0.5, 0.6) is 0 Å². The number of nitrogens with one attached hydrogen (secondary N) is 1. The van der Waals surface area contributed by atoms with Gasteiger partial charge in [-0.2, -0.15) is 0 Å². The topological polar surface area (TPSA) is 24.9 Å². The van der Waals surface area contributed by atoms with Crippen LogP contribution in [0.4, 0.5) is 0 Å². The van der Waals surface area contributed by atoms with Crippen molar-refractivity contribution < 1.29 is 0 Å². The first kappa shape index (κ1) is 14.5. The summed E-state index contributed by atoms with van der Waals surface area (Å²) in [4.78, 5) is 4.54. The van der Waals surface area contributed by atoms with E-state index in [9.17, 15) is 0 Å². The lowest BCUT2D eigenvalue weighted by Gasteiger charge is -2.24. The van der Waals surface area contributed by atoms with Crippen molar-refractivity contribution in [3.63, 3.8) is 0 Å². The van der Waals surface area contributed by atoms with Gasteiger partial charge in [-0.25, -0.2) is 0 Å². The molecule has 0 spiro atoms. The molecule has 110 valence electrons. The van der Waals surface area contributed by atoms with E-state index in [-0.39, 0.29) is 12.1 Å². The lowest BCUT2D eigenvalue weighted by Crippen LogP contribution is -2.26. The maximum absolute atomic E-state index is 4.54. The summed E-state index contributed by atoms with van der Waals surface area (Å²) < 4.78 is 0. The Morgan fingerprint density at radius 2 is 1.32 bits per heavy atom. The van der Waals surface area contributed by atoms with Crippen LogP contribution >= 0.6 is 0 Å². The zero-order valence-electron chi connectivity index (χ0n) is 12.7. The summed E-state index contributed by atoms with van der Waals surface area (Å²) >= 11 is 0. The maximum Gasteiger partial charge on any atom is 0.0756 e. The van der Waals surface area contributed by atoms with Gasteiger partial charge in [0.1, 0.15) is 0 Å². The zero-order chi connectivity index (χ0) is 15.2. The number of aromatic nitrogens is 1. The predicted octanol–water partition coefficient (Wildman–Crippen LogP) is 4.52. The van der Waals surface area contributed by atoms with Crippen molar-refractivity contribution in [1.82, 2.24) is 10.3 Å². The Kier molecular flexibility index (Phi) is 4.62. The average Bonchev–Trinajstić information content (AvgIpc) is 2.62. The van der Waals surface area contributed by atoms with Crippen molar-refractivity contribution in [3.05, 3.63) is 102 Å². The highest BCUT2D eigenvalue weighted by Crippen LogP contribution is 2.24. The summed E-state index contributed by atoms with van der Waals surface area (Å²) in [6.45, 7) is 2.19. The van der Waals surface area contributed by atoms with E-state index in [1.807, 2.05) is 30.5 Å². The number of benzene rings is 2. The molecule has 1 heterocycles. The first-order chi connectivity index (χ1) is 10.8. The fraction of sp³-hybridized carbons (Fsp3) is 0.150. The Balaban J connectivity index is 1.90. The van der Waals surface area contributed by atoms with E-state index in [1.165, 1.54) is 11.1 Å². The van der Waals surface area contributed by atoms with E-state index in [0.717, 1.165) is 5.69 Å². The summed E-state index contributed by atoms with van der Waals surface area (Å²) in [5, 5.41) is 3.70. The van der Waals surface area contributed by atoms with Gasteiger partial charge in [0.05, 0.1) is 11.7 Å². The van der Waals surface area contributed by atoms with Gasteiger partial charge in [0.2, 0.25) is 0 Å². The molecule has 2 atom stereocenters. The van der Waals surface area contributed by atoms with Gasteiger partial charge in [-0.1, -0.05) is 66.7 Å². The molecule has 3 rings (SSSR count). The highest BCUT2D eigenvalue weighted by Gasteiger charge is 2.18. The summed E-state index contributed by atoms with van der Waals surface area (Å²) in [7, 11) is 0. The van der Waals surface area contributed by atoms with Crippen molar-refractivity contribution in [1.29, 1.82) is 0 Å². The molecule has 1 aromatic heterocycles. The lowest BCUT2D eigenvalue weighted by atomic mass is 10.00. The molecule has 22 heavy (non-hydrogen) atoms. The van der Waals surface area contributed by atoms with E-state index in [2.05, 4.69) is 71.8 Å². The third-order valence-corrected chi connectivity index (χ3v) is 3.83. The zero-order valence-corrected chi connectivity index (χ0v) is 12.7. The minimum atomic E-state index is 0.0811. The van der Waals surface area contributed by atoms with E-state index in [0.29, 0.717) is 0 Å². The maximum atomic E-state index is 4.54. The van der Waals surface area contributed by atoms with Crippen LogP contribution in [0.15, 0.2) is 85.1 Å². The van der Waals surface area contributed by atoms with Gasteiger partial charge in [0.25, 0.3) is 0 Å². The summed E-state index contributed by atoms with van der Waals surface area (Å²) in [6.07, 6.45) is 1.85. The van der Waals surface area contributed by atoms with E-state index in [4.69, 9.17) is 0 Å². The number of hydrogen-bond acceptors (Lipinski definition) is 2. The van der Waals surface area contributed by atoms with E-state index >= 15 is 0 Å². The van der Waals surface area contributed by atoms with Gasteiger partial charge in [-0.05, 0) is 30.2 Å². The largest absolute Gasteiger partial charge is 0.298 e. The minimum Gasteiger partial charge on any atom is -0.298 e. The van der Waals surface area contributed by atoms with Crippen LogP contribution in [0.25, 0.3) is 0 Å². The van der Waals surface area contributed by atoms with E-state index < -0.39 is 0 Å². The van der Waals surface area contributed by atoms with Gasteiger partial charge >= 0.3 is 0 Å². The SMILES string of the molecule is C[C@@H](N[C@@H](c1ccccc1)c1ccccn1)c1ccccc1. The van der Waals surface area contributed by atoms with Gasteiger partial charge in [-0.15, -0.1) is 0 Å². The van der Waals surface area contributed by atoms with Crippen molar-refractivity contribution in [2.24, 2.45) is 0 Å². The Hall–Kier alpha value is -2.45. The molecule has 0 saturated carbocycles. The molecule has 0 bridgehead atoms. The normalized spacial score (nSPS) is 13.5. The molecule has 0 saturated heterocycles. The van der Waals surface area contributed by atoms with Gasteiger partial charge < -0.3 is 0 Å². The Labute approximate surface area is 131 Å². The monoisotopic (exact) mass is 288 g/mol. The second-order valence-corrected chi connectivity index (χ2v) is 5.40. The van der Waals surface area contributed by atoms with Crippen LogP contribution in [0.3, 0.4) is 0 Å². The van der Waals surface area contributed by atoms with Gasteiger partial charge in [-0.3, -0.25) is 10.3 Å². The van der Waals surface area contributed by atoms with Crippen LogP contribution in [0.1, 0.15) is 35.8 Å². The van der Waals surface area contributed by atoms with Gasteiger partial charge in [0, 0.05) is 12.2 Å². The number of nitrogens with zero attached hydrogens (tertiary/aromatic N) is 1. The van der Waals surface area contributed by atoms with Crippen LogP contribution in [-0.4, -0.2) is 4.98 Å². The molecule has 3 aromatic rings. The smallest absolute Gasteiger partial charge is 0.0756 e. The molecule has 0 radical (unpaired) electrons.